The molecule has 4 heteroatoms. The minimum atomic E-state index is 0.672. The fourth-order valence-electron chi connectivity index (χ4n) is 8.39. The molecule has 0 bridgehead atoms. The van der Waals surface area contributed by atoms with Crippen LogP contribution in [0.25, 0.3) is 100 Å². The number of hydrogen-bond donors (Lipinski definition) is 0. The smallest absolute Gasteiger partial charge is 0.162 e. The zero-order valence-corrected chi connectivity index (χ0v) is 30.4. The average molecular weight is 715 g/mol. The van der Waals surface area contributed by atoms with Crippen molar-refractivity contribution in [3.63, 3.8) is 0 Å². The van der Waals surface area contributed by atoms with Gasteiger partial charge in [-0.15, -0.1) is 0 Å². The highest BCUT2D eigenvalue weighted by Gasteiger charge is 2.23. The van der Waals surface area contributed by atoms with Gasteiger partial charge in [-0.25, -0.2) is 9.97 Å². The fourth-order valence-corrected chi connectivity index (χ4v) is 8.39. The molecule has 0 aliphatic heterocycles. The van der Waals surface area contributed by atoms with Crippen LogP contribution < -0.4 is 0 Å². The lowest BCUT2D eigenvalue weighted by Crippen LogP contribution is -2.02. The standard InChI is InChI=1S/C52H34N4/c1-4-16-35(17-5-1)36-28-30-38(31-29-36)46-34-45(37-18-6-2-7-19-37)53-52(54-46)44-24-12-15-27-49(44)56-48-26-14-11-23-41(48)43-33-32-42-40-22-10-13-25-47(40)55(50(42)51(43)56)39-20-8-3-9-21-39/h1-34H. The van der Waals surface area contributed by atoms with Crippen molar-refractivity contribution in [1.29, 1.82) is 0 Å². The highest BCUT2D eigenvalue weighted by atomic mass is 15.1. The molecule has 3 heterocycles. The van der Waals surface area contributed by atoms with Crippen molar-refractivity contribution in [3.8, 4) is 56.4 Å². The Morgan fingerprint density at radius 1 is 0.321 bits per heavy atom. The summed E-state index contributed by atoms with van der Waals surface area (Å²) in [7, 11) is 0. The summed E-state index contributed by atoms with van der Waals surface area (Å²) < 4.78 is 4.86. The lowest BCUT2D eigenvalue weighted by Gasteiger charge is -2.16. The van der Waals surface area contributed by atoms with Gasteiger partial charge in [0.2, 0.25) is 0 Å². The van der Waals surface area contributed by atoms with Crippen molar-refractivity contribution in [2.24, 2.45) is 0 Å². The van der Waals surface area contributed by atoms with E-state index in [4.69, 9.17) is 9.97 Å². The minimum absolute atomic E-state index is 0.672. The first-order chi connectivity index (χ1) is 27.8. The Hall–Kier alpha value is -7.56. The van der Waals surface area contributed by atoms with Gasteiger partial charge in [0.1, 0.15) is 0 Å². The number of nitrogens with zero attached hydrogens (tertiary/aromatic N) is 4. The van der Waals surface area contributed by atoms with E-state index in [0.717, 1.165) is 50.5 Å². The number of para-hydroxylation sites is 4. The molecule has 3 aromatic heterocycles. The van der Waals surface area contributed by atoms with Crippen molar-refractivity contribution in [1.82, 2.24) is 19.1 Å². The maximum Gasteiger partial charge on any atom is 0.162 e. The predicted molar refractivity (Wildman–Crippen MR) is 232 cm³/mol. The topological polar surface area (TPSA) is 35.6 Å². The summed E-state index contributed by atoms with van der Waals surface area (Å²) in [6.45, 7) is 0. The largest absolute Gasteiger partial charge is 0.307 e. The summed E-state index contributed by atoms with van der Waals surface area (Å²) in [4.78, 5) is 10.7. The zero-order chi connectivity index (χ0) is 37.0. The first kappa shape index (κ1) is 31.9. The maximum absolute atomic E-state index is 5.37. The highest BCUT2D eigenvalue weighted by Crippen LogP contribution is 2.43. The second-order valence-corrected chi connectivity index (χ2v) is 14.2. The second-order valence-electron chi connectivity index (χ2n) is 14.2. The van der Waals surface area contributed by atoms with Gasteiger partial charge in [0, 0.05) is 43.9 Å². The number of fused-ring (bicyclic) bond motifs is 7. The quantitative estimate of drug-likeness (QED) is 0.172. The molecule has 0 saturated carbocycles. The molecular weight excluding hydrogens is 681 g/mol. The average Bonchev–Trinajstić information content (AvgIpc) is 3.80. The van der Waals surface area contributed by atoms with Crippen molar-refractivity contribution in [2.45, 2.75) is 0 Å². The molecule has 0 N–H and O–H groups in total. The Bertz CT molecular complexity index is 3220. The molecule has 0 unspecified atom stereocenters. The summed E-state index contributed by atoms with van der Waals surface area (Å²) >= 11 is 0. The number of hydrogen-bond acceptors (Lipinski definition) is 2. The van der Waals surface area contributed by atoms with E-state index in [1.54, 1.807) is 0 Å². The summed E-state index contributed by atoms with van der Waals surface area (Å²) in [5, 5.41) is 4.82. The molecule has 0 atom stereocenters. The lowest BCUT2D eigenvalue weighted by molar-refractivity contribution is 1.13. The van der Waals surface area contributed by atoms with Crippen LogP contribution in [-0.2, 0) is 0 Å². The van der Waals surface area contributed by atoms with E-state index in [9.17, 15) is 0 Å². The summed E-state index contributed by atoms with van der Waals surface area (Å²) in [6.07, 6.45) is 0. The molecule has 0 saturated heterocycles. The van der Waals surface area contributed by atoms with Crippen LogP contribution in [0.4, 0.5) is 0 Å². The zero-order valence-electron chi connectivity index (χ0n) is 30.4. The van der Waals surface area contributed by atoms with Gasteiger partial charge in [-0.1, -0.05) is 164 Å². The Balaban J connectivity index is 1.20. The van der Waals surface area contributed by atoms with Crippen LogP contribution >= 0.6 is 0 Å². The predicted octanol–water partition coefficient (Wildman–Crippen LogP) is 13.3. The van der Waals surface area contributed by atoms with Gasteiger partial charge in [-0.3, -0.25) is 0 Å². The van der Waals surface area contributed by atoms with Gasteiger partial charge in [-0.05, 0) is 53.6 Å². The van der Waals surface area contributed by atoms with E-state index in [2.05, 4.69) is 203 Å². The Labute approximate surface area is 324 Å². The van der Waals surface area contributed by atoms with E-state index >= 15 is 0 Å². The van der Waals surface area contributed by atoms with Crippen LogP contribution in [0.5, 0.6) is 0 Å². The first-order valence-corrected chi connectivity index (χ1v) is 19.0. The molecule has 0 fully saturated rings. The Morgan fingerprint density at radius 2 is 0.768 bits per heavy atom. The molecule has 56 heavy (non-hydrogen) atoms. The summed E-state index contributed by atoms with van der Waals surface area (Å²) in [5.74, 6) is 0.672. The van der Waals surface area contributed by atoms with E-state index in [1.165, 1.54) is 43.7 Å². The van der Waals surface area contributed by atoms with Crippen molar-refractivity contribution < 1.29 is 0 Å². The normalized spacial score (nSPS) is 11.6. The van der Waals surface area contributed by atoms with Gasteiger partial charge >= 0.3 is 0 Å². The molecular formula is C52H34N4. The number of aromatic nitrogens is 4. The van der Waals surface area contributed by atoms with E-state index < -0.39 is 0 Å². The maximum atomic E-state index is 5.37. The van der Waals surface area contributed by atoms with Crippen LogP contribution in [0, 0.1) is 0 Å². The first-order valence-electron chi connectivity index (χ1n) is 19.0. The molecule has 0 aliphatic rings. The summed E-state index contributed by atoms with van der Waals surface area (Å²) in [5.41, 5.74) is 13.9. The van der Waals surface area contributed by atoms with E-state index in [-0.39, 0.29) is 0 Å². The fraction of sp³-hybridized carbons (Fsp3) is 0. The molecule has 4 nitrogen and oxygen atoms in total. The molecule has 0 radical (unpaired) electrons. The third-order valence-electron chi connectivity index (χ3n) is 11.0. The number of benzene rings is 8. The monoisotopic (exact) mass is 714 g/mol. The van der Waals surface area contributed by atoms with Crippen LogP contribution in [0.15, 0.2) is 206 Å². The highest BCUT2D eigenvalue weighted by molar-refractivity contribution is 6.24. The van der Waals surface area contributed by atoms with Gasteiger partial charge in [0.05, 0.1) is 39.1 Å². The lowest BCUT2D eigenvalue weighted by atomic mass is 10.0. The summed E-state index contributed by atoms with van der Waals surface area (Å²) in [6, 6.07) is 73.1. The third kappa shape index (κ3) is 5.15. The van der Waals surface area contributed by atoms with Gasteiger partial charge in [-0.2, -0.15) is 0 Å². The SMILES string of the molecule is c1ccc(-c2ccc(-c3cc(-c4ccccc4)nc(-c4ccccc4-n4c5ccccc5c5ccc6c7ccccc7n(-c7ccccc7)c6c54)n3)cc2)cc1. The van der Waals surface area contributed by atoms with Gasteiger partial charge < -0.3 is 9.13 Å². The molecule has 11 aromatic rings. The molecule has 0 spiro atoms. The minimum Gasteiger partial charge on any atom is -0.307 e. The molecule has 0 amide bonds. The molecule has 262 valence electrons. The Morgan fingerprint density at radius 3 is 1.41 bits per heavy atom. The number of rotatable bonds is 6. The van der Waals surface area contributed by atoms with Crippen LogP contribution in [-0.4, -0.2) is 19.1 Å². The van der Waals surface area contributed by atoms with Crippen molar-refractivity contribution >= 4 is 43.6 Å². The van der Waals surface area contributed by atoms with Gasteiger partial charge in [0.25, 0.3) is 0 Å². The molecule has 11 rings (SSSR count). The third-order valence-corrected chi connectivity index (χ3v) is 11.0. The Kier molecular flexibility index (Phi) is 7.46. The molecule has 8 aromatic carbocycles. The van der Waals surface area contributed by atoms with Crippen molar-refractivity contribution in [3.05, 3.63) is 206 Å². The molecule has 0 aliphatic carbocycles. The van der Waals surface area contributed by atoms with E-state index in [1.807, 2.05) is 12.1 Å². The van der Waals surface area contributed by atoms with Crippen LogP contribution in [0.3, 0.4) is 0 Å². The van der Waals surface area contributed by atoms with E-state index in [0.29, 0.717) is 5.82 Å². The second kappa shape index (κ2) is 13.1. The van der Waals surface area contributed by atoms with Crippen molar-refractivity contribution in [2.75, 3.05) is 0 Å². The van der Waals surface area contributed by atoms with Gasteiger partial charge in [0.15, 0.2) is 5.82 Å². The van der Waals surface area contributed by atoms with Crippen LogP contribution in [0.2, 0.25) is 0 Å². The van der Waals surface area contributed by atoms with Crippen LogP contribution in [0.1, 0.15) is 0 Å².